The minimum absolute atomic E-state index is 0.316. The third-order valence-corrected chi connectivity index (χ3v) is 5.55. The Morgan fingerprint density at radius 2 is 2.29 bits per heavy atom. The zero-order valence-corrected chi connectivity index (χ0v) is 14.1. The van der Waals surface area contributed by atoms with Gasteiger partial charge in [-0.3, -0.25) is 9.80 Å². The van der Waals surface area contributed by atoms with Gasteiger partial charge in [0.2, 0.25) is 0 Å². The molecule has 1 aromatic heterocycles. The summed E-state index contributed by atoms with van der Waals surface area (Å²) in [7, 11) is 0. The first-order chi connectivity index (χ1) is 10.2. The molecule has 5 heteroatoms. The molecular formula is C16H27N3OS. The van der Waals surface area contributed by atoms with Gasteiger partial charge in [-0.05, 0) is 33.2 Å². The molecule has 1 unspecified atom stereocenters. The summed E-state index contributed by atoms with van der Waals surface area (Å²) >= 11 is 1.77. The maximum Gasteiger partial charge on any atom is 0.107 e. The van der Waals surface area contributed by atoms with E-state index in [1.807, 2.05) is 6.20 Å². The fourth-order valence-corrected chi connectivity index (χ4v) is 4.34. The van der Waals surface area contributed by atoms with Gasteiger partial charge >= 0.3 is 0 Å². The molecule has 2 aliphatic rings. The van der Waals surface area contributed by atoms with Gasteiger partial charge in [0.05, 0.1) is 19.8 Å². The summed E-state index contributed by atoms with van der Waals surface area (Å²) < 4.78 is 5.97. The van der Waals surface area contributed by atoms with Crippen molar-refractivity contribution in [3.8, 4) is 0 Å². The number of piperidine rings is 1. The van der Waals surface area contributed by atoms with E-state index in [0.29, 0.717) is 11.5 Å². The topological polar surface area (TPSA) is 28.6 Å². The third-order valence-electron chi connectivity index (χ3n) is 4.78. The number of rotatable bonds is 3. The van der Waals surface area contributed by atoms with E-state index in [1.54, 1.807) is 11.3 Å². The van der Waals surface area contributed by atoms with Crippen LogP contribution >= 0.6 is 11.3 Å². The van der Waals surface area contributed by atoms with Crippen molar-refractivity contribution in [2.24, 2.45) is 5.41 Å². The highest BCUT2D eigenvalue weighted by molar-refractivity contribution is 7.09. The SMILES string of the molecule is CC(C)N1CCOCC2(CCCN(Cc3nccs3)C2)C1. The molecule has 2 aliphatic heterocycles. The van der Waals surface area contributed by atoms with E-state index in [1.165, 1.54) is 30.9 Å². The predicted octanol–water partition coefficient (Wildman–Crippen LogP) is 2.47. The average molecular weight is 309 g/mol. The second-order valence-corrected chi connectivity index (χ2v) is 7.84. The molecule has 3 heterocycles. The zero-order chi connectivity index (χ0) is 14.7. The van der Waals surface area contributed by atoms with Crippen molar-refractivity contribution in [1.82, 2.24) is 14.8 Å². The highest BCUT2D eigenvalue weighted by Crippen LogP contribution is 2.34. The van der Waals surface area contributed by atoms with Crippen molar-refractivity contribution in [1.29, 1.82) is 0 Å². The lowest BCUT2D eigenvalue weighted by Gasteiger charge is -2.44. The van der Waals surface area contributed by atoms with Crippen LogP contribution in [0.4, 0.5) is 0 Å². The molecule has 0 radical (unpaired) electrons. The highest BCUT2D eigenvalue weighted by Gasteiger charge is 2.39. The van der Waals surface area contributed by atoms with Gasteiger partial charge in [0, 0.05) is 42.7 Å². The summed E-state index contributed by atoms with van der Waals surface area (Å²) in [4.78, 5) is 9.62. The molecule has 1 atom stereocenters. The Labute approximate surface area is 132 Å². The molecule has 3 rings (SSSR count). The Kier molecular flexibility index (Phi) is 4.94. The summed E-state index contributed by atoms with van der Waals surface area (Å²) in [6.45, 7) is 12.0. The van der Waals surface area contributed by atoms with E-state index in [4.69, 9.17) is 4.74 Å². The second-order valence-electron chi connectivity index (χ2n) is 6.86. The Hall–Kier alpha value is -0.490. The fraction of sp³-hybridized carbons (Fsp3) is 0.812. The lowest BCUT2D eigenvalue weighted by molar-refractivity contribution is 0.000953. The van der Waals surface area contributed by atoms with Gasteiger partial charge in [0.25, 0.3) is 0 Å². The number of thiazole rings is 1. The van der Waals surface area contributed by atoms with Gasteiger partial charge in [-0.15, -0.1) is 11.3 Å². The van der Waals surface area contributed by atoms with Crippen molar-refractivity contribution in [3.05, 3.63) is 16.6 Å². The Balaban J connectivity index is 1.67. The first-order valence-corrected chi connectivity index (χ1v) is 8.97. The molecule has 0 saturated carbocycles. The van der Waals surface area contributed by atoms with E-state index < -0.39 is 0 Å². The molecule has 2 saturated heterocycles. The molecule has 0 N–H and O–H groups in total. The molecule has 0 bridgehead atoms. The molecule has 1 spiro atoms. The van der Waals surface area contributed by atoms with Gasteiger partial charge in [0.1, 0.15) is 5.01 Å². The van der Waals surface area contributed by atoms with Crippen molar-refractivity contribution >= 4 is 11.3 Å². The molecular weight excluding hydrogens is 282 g/mol. The van der Waals surface area contributed by atoms with Crippen LogP contribution in [0.3, 0.4) is 0 Å². The minimum Gasteiger partial charge on any atom is -0.379 e. The molecule has 4 nitrogen and oxygen atoms in total. The van der Waals surface area contributed by atoms with Crippen LogP contribution in [0.1, 0.15) is 31.7 Å². The van der Waals surface area contributed by atoms with Gasteiger partial charge in [-0.1, -0.05) is 0 Å². The predicted molar refractivity (Wildman–Crippen MR) is 86.6 cm³/mol. The van der Waals surface area contributed by atoms with E-state index in [0.717, 1.165) is 32.8 Å². The van der Waals surface area contributed by atoms with Crippen molar-refractivity contribution in [2.45, 2.75) is 39.3 Å². The van der Waals surface area contributed by atoms with Crippen LogP contribution in [-0.2, 0) is 11.3 Å². The summed E-state index contributed by atoms with van der Waals surface area (Å²) in [5.74, 6) is 0. The monoisotopic (exact) mass is 309 g/mol. The van der Waals surface area contributed by atoms with E-state index >= 15 is 0 Å². The Morgan fingerprint density at radius 1 is 1.38 bits per heavy atom. The van der Waals surface area contributed by atoms with Crippen molar-refractivity contribution < 1.29 is 4.74 Å². The van der Waals surface area contributed by atoms with Crippen molar-refractivity contribution in [3.63, 3.8) is 0 Å². The average Bonchev–Trinajstić information content (AvgIpc) is 2.87. The van der Waals surface area contributed by atoms with Crippen LogP contribution < -0.4 is 0 Å². The van der Waals surface area contributed by atoms with Crippen LogP contribution in [0.2, 0.25) is 0 Å². The van der Waals surface area contributed by atoms with Crippen LogP contribution in [0.5, 0.6) is 0 Å². The summed E-state index contributed by atoms with van der Waals surface area (Å²) in [5.41, 5.74) is 0.316. The Morgan fingerprint density at radius 3 is 3.05 bits per heavy atom. The maximum absolute atomic E-state index is 5.97. The largest absolute Gasteiger partial charge is 0.379 e. The molecule has 2 fully saturated rings. The highest BCUT2D eigenvalue weighted by atomic mass is 32.1. The second kappa shape index (κ2) is 6.73. The summed E-state index contributed by atoms with van der Waals surface area (Å²) in [6.07, 6.45) is 4.49. The Bertz CT molecular complexity index is 437. The summed E-state index contributed by atoms with van der Waals surface area (Å²) in [5, 5.41) is 3.31. The van der Waals surface area contributed by atoms with Crippen LogP contribution in [0, 0.1) is 5.41 Å². The summed E-state index contributed by atoms with van der Waals surface area (Å²) in [6, 6.07) is 0.609. The molecule has 21 heavy (non-hydrogen) atoms. The molecule has 0 aromatic carbocycles. The number of hydrogen-bond acceptors (Lipinski definition) is 5. The molecule has 118 valence electrons. The molecule has 0 aliphatic carbocycles. The van der Waals surface area contributed by atoms with E-state index in [-0.39, 0.29) is 0 Å². The van der Waals surface area contributed by atoms with Gasteiger partial charge in [-0.25, -0.2) is 4.98 Å². The smallest absolute Gasteiger partial charge is 0.107 e. The maximum atomic E-state index is 5.97. The normalized spacial score (nSPS) is 29.1. The van der Waals surface area contributed by atoms with Crippen LogP contribution in [0.15, 0.2) is 11.6 Å². The first-order valence-electron chi connectivity index (χ1n) is 8.09. The lowest BCUT2D eigenvalue weighted by atomic mass is 9.80. The minimum atomic E-state index is 0.316. The van der Waals surface area contributed by atoms with Gasteiger partial charge < -0.3 is 4.74 Å². The van der Waals surface area contributed by atoms with Crippen molar-refractivity contribution in [2.75, 3.05) is 39.4 Å². The third kappa shape index (κ3) is 3.83. The molecule has 0 amide bonds. The zero-order valence-electron chi connectivity index (χ0n) is 13.3. The van der Waals surface area contributed by atoms with Gasteiger partial charge in [0.15, 0.2) is 0 Å². The number of likely N-dealkylation sites (tertiary alicyclic amines) is 1. The number of ether oxygens (including phenoxy) is 1. The quantitative estimate of drug-likeness (QED) is 0.857. The standard InChI is InChI=1S/C16H27N3OS/c1-14(2)19-7-8-20-13-16(12-19)4-3-6-18(11-16)10-15-17-5-9-21-15/h5,9,14H,3-4,6-8,10-13H2,1-2H3. The van der Waals surface area contributed by atoms with Gasteiger partial charge in [-0.2, -0.15) is 0 Å². The van der Waals surface area contributed by atoms with Crippen LogP contribution in [0.25, 0.3) is 0 Å². The lowest BCUT2D eigenvalue weighted by Crippen LogP contribution is -2.51. The number of aromatic nitrogens is 1. The van der Waals surface area contributed by atoms with Crippen LogP contribution in [-0.4, -0.2) is 60.2 Å². The molecule has 1 aromatic rings. The van der Waals surface area contributed by atoms with E-state index in [2.05, 4.69) is 34.0 Å². The van der Waals surface area contributed by atoms with E-state index in [9.17, 15) is 0 Å². The first kappa shape index (κ1) is 15.4. The number of nitrogens with zero attached hydrogens (tertiary/aromatic N) is 3. The fourth-order valence-electron chi connectivity index (χ4n) is 3.68. The number of hydrogen-bond donors (Lipinski definition) is 0.